The first kappa shape index (κ1) is 16.5. The summed E-state index contributed by atoms with van der Waals surface area (Å²) >= 11 is 0. The Morgan fingerprint density at radius 3 is 2.95 bits per heavy atom. The van der Waals surface area contributed by atoms with Crippen molar-refractivity contribution in [1.82, 2.24) is 15.6 Å². The van der Waals surface area contributed by atoms with Crippen molar-refractivity contribution < 1.29 is 4.74 Å². The Balaban J connectivity index is 1.49. The van der Waals surface area contributed by atoms with Gasteiger partial charge >= 0.3 is 0 Å². The summed E-state index contributed by atoms with van der Waals surface area (Å²) in [5.74, 6) is 1.79. The van der Waals surface area contributed by atoms with Gasteiger partial charge in [-0.15, -0.1) is 0 Å². The fourth-order valence-corrected chi connectivity index (χ4v) is 2.38. The highest BCUT2D eigenvalue weighted by molar-refractivity contribution is 5.79. The van der Waals surface area contributed by atoms with Crippen molar-refractivity contribution in [2.45, 2.75) is 31.8 Å². The lowest BCUT2D eigenvalue weighted by Gasteiger charge is -2.15. The Hall–Kier alpha value is -1.82. The Morgan fingerprint density at radius 2 is 2.23 bits per heavy atom. The maximum absolute atomic E-state index is 5.59. The van der Waals surface area contributed by atoms with E-state index in [2.05, 4.69) is 25.9 Å². The van der Waals surface area contributed by atoms with Gasteiger partial charge in [0.1, 0.15) is 5.82 Å². The Kier molecular flexibility index (Phi) is 7.52. The van der Waals surface area contributed by atoms with Crippen LogP contribution in [0.15, 0.2) is 29.4 Å². The molecular formula is C16H27N5O. The van der Waals surface area contributed by atoms with Gasteiger partial charge < -0.3 is 20.7 Å². The van der Waals surface area contributed by atoms with Crippen molar-refractivity contribution in [2.75, 3.05) is 38.6 Å². The van der Waals surface area contributed by atoms with Crippen LogP contribution in [0, 0.1) is 0 Å². The Morgan fingerprint density at radius 1 is 1.32 bits per heavy atom. The summed E-state index contributed by atoms with van der Waals surface area (Å²) in [6.07, 6.45) is 6.62. The molecule has 0 saturated carbocycles. The third-order valence-corrected chi connectivity index (χ3v) is 3.61. The predicted molar refractivity (Wildman–Crippen MR) is 90.3 cm³/mol. The normalized spacial score (nSPS) is 18.2. The van der Waals surface area contributed by atoms with Crippen LogP contribution >= 0.6 is 0 Å². The van der Waals surface area contributed by atoms with E-state index in [0.29, 0.717) is 6.10 Å². The number of pyridine rings is 1. The number of hydrogen-bond donors (Lipinski definition) is 3. The number of ether oxygens (including phenoxy) is 1. The van der Waals surface area contributed by atoms with E-state index in [9.17, 15) is 0 Å². The van der Waals surface area contributed by atoms with Gasteiger partial charge in [-0.1, -0.05) is 6.07 Å². The molecule has 2 rings (SSSR count). The Labute approximate surface area is 132 Å². The second kappa shape index (κ2) is 10.00. The molecule has 1 atom stereocenters. The van der Waals surface area contributed by atoms with E-state index in [4.69, 9.17) is 4.74 Å². The van der Waals surface area contributed by atoms with Crippen LogP contribution in [0.2, 0.25) is 0 Å². The molecule has 6 heteroatoms. The van der Waals surface area contributed by atoms with E-state index in [0.717, 1.165) is 57.3 Å². The number of anilines is 1. The van der Waals surface area contributed by atoms with E-state index in [1.165, 1.54) is 6.42 Å². The molecular weight excluding hydrogens is 278 g/mol. The molecule has 0 radical (unpaired) electrons. The van der Waals surface area contributed by atoms with Crippen LogP contribution < -0.4 is 16.0 Å². The molecule has 0 amide bonds. The highest BCUT2D eigenvalue weighted by Crippen LogP contribution is 2.10. The number of nitrogens with zero attached hydrogens (tertiary/aromatic N) is 2. The van der Waals surface area contributed by atoms with Gasteiger partial charge in [0.05, 0.1) is 6.10 Å². The van der Waals surface area contributed by atoms with Crippen LogP contribution in [0.25, 0.3) is 0 Å². The molecule has 1 aromatic heterocycles. The van der Waals surface area contributed by atoms with Gasteiger partial charge in [-0.25, -0.2) is 4.98 Å². The molecule has 1 saturated heterocycles. The monoisotopic (exact) mass is 305 g/mol. The first-order valence-electron chi connectivity index (χ1n) is 8.09. The number of guanidine groups is 1. The zero-order valence-electron chi connectivity index (χ0n) is 13.3. The lowest BCUT2D eigenvalue weighted by molar-refractivity contribution is 0.114. The molecule has 122 valence electrons. The van der Waals surface area contributed by atoms with E-state index >= 15 is 0 Å². The molecule has 0 aliphatic carbocycles. The van der Waals surface area contributed by atoms with Crippen molar-refractivity contribution in [3.63, 3.8) is 0 Å². The summed E-state index contributed by atoms with van der Waals surface area (Å²) < 4.78 is 5.59. The molecule has 1 aliphatic rings. The molecule has 0 bridgehead atoms. The third kappa shape index (κ3) is 6.30. The van der Waals surface area contributed by atoms with E-state index in [1.54, 1.807) is 13.2 Å². The quantitative estimate of drug-likeness (QED) is 0.387. The second-order valence-corrected chi connectivity index (χ2v) is 5.36. The van der Waals surface area contributed by atoms with Crippen LogP contribution in [-0.4, -0.2) is 50.3 Å². The van der Waals surface area contributed by atoms with Gasteiger partial charge in [-0.05, 0) is 37.8 Å². The van der Waals surface area contributed by atoms with Crippen LogP contribution in [0.5, 0.6) is 0 Å². The van der Waals surface area contributed by atoms with Crippen molar-refractivity contribution >= 4 is 11.8 Å². The van der Waals surface area contributed by atoms with Gasteiger partial charge in [0, 0.05) is 39.5 Å². The largest absolute Gasteiger partial charge is 0.376 e. The molecule has 3 N–H and O–H groups in total. The number of aliphatic imine (C=N–C) groups is 1. The van der Waals surface area contributed by atoms with Gasteiger partial charge in [0.15, 0.2) is 5.96 Å². The second-order valence-electron chi connectivity index (χ2n) is 5.36. The molecule has 1 fully saturated rings. The standard InChI is InChI=1S/C16H27N5O/c1-17-16(21-13-14-7-6-12-22-14)20-11-5-4-10-19-15-8-2-3-9-18-15/h2-3,8-9,14H,4-7,10-13H2,1H3,(H,18,19)(H2,17,20,21). The summed E-state index contributed by atoms with van der Waals surface area (Å²) in [4.78, 5) is 8.46. The predicted octanol–water partition coefficient (Wildman–Crippen LogP) is 1.62. The van der Waals surface area contributed by atoms with Crippen molar-refractivity contribution in [1.29, 1.82) is 0 Å². The summed E-state index contributed by atoms with van der Waals surface area (Å²) in [6, 6.07) is 5.89. The minimum absolute atomic E-state index is 0.334. The van der Waals surface area contributed by atoms with E-state index < -0.39 is 0 Å². The lowest BCUT2D eigenvalue weighted by atomic mass is 10.2. The van der Waals surface area contributed by atoms with E-state index in [-0.39, 0.29) is 0 Å². The average Bonchev–Trinajstić information content (AvgIpc) is 3.08. The van der Waals surface area contributed by atoms with Crippen LogP contribution in [-0.2, 0) is 4.74 Å². The minimum Gasteiger partial charge on any atom is -0.376 e. The Bertz CT molecular complexity index is 431. The molecule has 1 aliphatic heterocycles. The topological polar surface area (TPSA) is 70.6 Å². The highest BCUT2D eigenvalue weighted by Gasteiger charge is 2.15. The number of nitrogens with one attached hydrogen (secondary N) is 3. The average molecular weight is 305 g/mol. The van der Waals surface area contributed by atoms with Gasteiger partial charge in [-0.2, -0.15) is 0 Å². The zero-order valence-corrected chi connectivity index (χ0v) is 13.3. The zero-order chi connectivity index (χ0) is 15.5. The molecule has 6 nitrogen and oxygen atoms in total. The number of rotatable bonds is 8. The summed E-state index contributed by atoms with van der Waals surface area (Å²) in [5, 5.41) is 9.96. The van der Waals surface area contributed by atoms with Crippen LogP contribution in [0.1, 0.15) is 25.7 Å². The fourth-order valence-electron chi connectivity index (χ4n) is 2.38. The number of unbranched alkanes of at least 4 members (excludes halogenated alkanes) is 1. The molecule has 1 aromatic rings. The third-order valence-electron chi connectivity index (χ3n) is 3.61. The molecule has 0 aromatic carbocycles. The molecule has 2 heterocycles. The highest BCUT2D eigenvalue weighted by atomic mass is 16.5. The van der Waals surface area contributed by atoms with Gasteiger partial charge in [0.25, 0.3) is 0 Å². The van der Waals surface area contributed by atoms with Gasteiger partial charge in [-0.3, -0.25) is 4.99 Å². The van der Waals surface area contributed by atoms with Crippen molar-refractivity contribution in [3.8, 4) is 0 Å². The maximum Gasteiger partial charge on any atom is 0.191 e. The number of aromatic nitrogens is 1. The fraction of sp³-hybridized carbons (Fsp3) is 0.625. The molecule has 1 unspecified atom stereocenters. The van der Waals surface area contributed by atoms with Crippen molar-refractivity contribution in [3.05, 3.63) is 24.4 Å². The van der Waals surface area contributed by atoms with Gasteiger partial charge in [0.2, 0.25) is 0 Å². The first-order valence-corrected chi connectivity index (χ1v) is 8.09. The summed E-state index contributed by atoms with van der Waals surface area (Å²) in [5.41, 5.74) is 0. The SMILES string of the molecule is CN=C(NCCCCNc1ccccn1)NCC1CCCO1. The number of hydrogen-bond acceptors (Lipinski definition) is 4. The summed E-state index contributed by atoms with van der Waals surface area (Å²) in [6.45, 7) is 3.57. The maximum atomic E-state index is 5.59. The van der Waals surface area contributed by atoms with E-state index in [1.807, 2.05) is 18.2 Å². The van der Waals surface area contributed by atoms with Crippen LogP contribution in [0.3, 0.4) is 0 Å². The first-order chi connectivity index (χ1) is 10.9. The lowest BCUT2D eigenvalue weighted by Crippen LogP contribution is -2.41. The minimum atomic E-state index is 0.334. The van der Waals surface area contributed by atoms with Crippen LogP contribution in [0.4, 0.5) is 5.82 Å². The smallest absolute Gasteiger partial charge is 0.191 e. The molecule has 0 spiro atoms. The van der Waals surface area contributed by atoms with Crippen molar-refractivity contribution in [2.24, 2.45) is 4.99 Å². The summed E-state index contributed by atoms with van der Waals surface area (Å²) in [7, 11) is 1.80. The molecule has 22 heavy (non-hydrogen) atoms.